The Hall–Kier alpha value is -0.0400. The number of ether oxygens (including phenoxy) is 1. The van der Waals surface area contributed by atoms with Crippen LogP contribution in [-0.2, 0) is 4.74 Å². The van der Waals surface area contributed by atoms with E-state index in [2.05, 4.69) is 20.8 Å². The molecule has 1 heteroatoms. The fourth-order valence-electron chi connectivity index (χ4n) is 1.13. The summed E-state index contributed by atoms with van der Waals surface area (Å²) in [6.07, 6.45) is 6.72. The van der Waals surface area contributed by atoms with Crippen LogP contribution in [0.4, 0.5) is 0 Å². The first-order valence-corrected chi connectivity index (χ1v) is 4.92. The summed E-state index contributed by atoms with van der Waals surface area (Å²) in [6.45, 7) is 7.53. The van der Waals surface area contributed by atoms with Crippen LogP contribution in [0.1, 0.15) is 52.9 Å². The first-order valence-electron chi connectivity index (χ1n) is 4.92. The Balaban J connectivity index is 2.97. The van der Waals surface area contributed by atoms with E-state index in [4.69, 9.17) is 4.74 Å². The lowest BCUT2D eigenvalue weighted by Gasteiger charge is -2.10. The van der Waals surface area contributed by atoms with E-state index in [-0.39, 0.29) is 0 Å². The lowest BCUT2D eigenvalue weighted by Crippen LogP contribution is -2.08. The van der Waals surface area contributed by atoms with Gasteiger partial charge in [-0.2, -0.15) is 0 Å². The molecule has 0 bridgehead atoms. The van der Waals surface area contributed by atoms with Gasteiger partial charge >= 0.3 is 0 Å². The van der Waals surface area contributed by atoms with Crippen molar-refractivity contribution in [2.75, 3.05) is 6.61 Å². The van der Waals surface area contributed by atoms with Gasteiger partial charge < -0.3 is 4.74 Å². The van der Waals surface area contributed by atoms with E-state index in [0.717, 1.165) is 6.61 Å². The largest absolute Gasteiger partial charge is 0.379 e. The topological polar surface area (TPSA) is 9.23 Å². The van der Waals surface area contributed by atoms with Gasteiger partial charge in [0.25, 0.3) is 0 Å². The molecule has 0 aliphatic heterocycles. The minimum absolute atomic E-state index is 0.469. The number of unbranched alkanes of at least 4 members (excludes halogenated alkanes) is 2. The fraction of sp³-hybridized carbons (Fsp3) is 1.00. The molecule has 0 fully saturated rings. The van der Waals surface area contributed by atoms with Gasteiger partial charge in [-0.15, -0.1) is 0 Å². The van der Waals surface area contributed by atoms with Gasteiger partial charge in [-0.1, -0.05) is 33.1 Å². The fourth-order valence-corrected chi connectivity index (χ4v) is 1.13. The standard InChI is InChI=1S/C10H22O/c1-4-6-7-9-11-10(3)8-5-2/h10H,4-9H2,1-3H3/t10-/m1/s1. The summed E-state index contributed by atoms with van der Waals surface area (Å²) < 4.78 is 5.58. The van der Waals surface area contributed by atoms with Crippen LogP contribution in [0, 0.1) is 0 Å². The normalized spacial score (nSPS) is 13.4. The summed E-state index contributed by atoms with van der Waals surface area (Å²) in [5.74, 6) is 0. The molecule has 0 amide bonds. The van der Waals surface area contributed by atoms with Crippen molar-refractivity contribution < 1.29 is 4.74 Å². The molecule has 11 heavy (non-hydrogen) atoms. The van der Waals surface area contributed by atoms with Gasteiger partial charge in [0.05, 0.1) is 6.10 Å². The summed E-state index contributed by atoms with van der Waals surface area (Å²) in [4.78, 5) is 0. The van der Waals surface area contributed by atoms with E-state index in [0.29, 0.717) is 6.10 Å². The molecule has 0 N–H and O–H groups in total. The highest BCUT2D eigenvalue weighted by Gasteiger charge is 1.98. The average molecular weight is 158 g/mol. The maximum absolute atomic E-state index is 5.58. The second-order valence-electron chi connectivity index (χ2n) is 3.18. The van der Waals surface area contributed by atoms with Crippen molar-refractivity contribution in [1.82, 2.24) is 0 Å². The summed E-state index contributed by atoms with van der Waals surface area (Å²) in [7, 11) is 0. The Morgan fingerprint density at radius 1 is 1.09 bits per heavy atom. The molecular formula is C10H22O. The van der Waals surface area contributed by atoms with Gasteiger partial charge in [0.2, 0.25) is 0 Å². The first kappa shape index (κ1) is 11.0. The lowest BCUT2D eigenvalue weighted by molar-refractivity contribution is 0.0573. The van der Waals surface area contributed by atoms with Crippen molar-refractivity contribution in [3.05, 3.63) is 0 Å². The van der Waals surface area contributed by atoms with Crippen LogP contribution in [0.3, 0.4) is 0 Å². The molecule has 0 heterocycles. The second kappa shape index (κ2) is 8.06. The Morgan fingerprint density at radius 2 is 1.82 bits per heavy atom. The number of hydrogen-bond donors (Lipinski definition) is 0. The Morgan fingerprint density at radius 3 is 2.36 bits per heavy atom. The molecule has 0 aromatic heterocycles. The monoisotopic (exact) mass is 158 g/mol. The third-order valence-electron chi connectivity index (χ3n) is 1.85. The van der Waals surface area contributed by atoms with Gasteiger partial charge in [0.15, 0.2) is 0 Å². The van der Waals surface area contributed by atoms with Gasteiger partial charge in [-0.25, -0.2) is 0 Å². The van der Waals surface area contributed by atoms with Crippen molar-refractivity contribution in [2.24, 2.45) is 0 Å². The minimum Gasteiger partial charge on any atom is -0.379 e. The van der Waals surface area contributed by atoms with Gasteiger partial charge in [0, 0.05) is 6.61 Å². The zero-order chi connectivity index (χ0) is 8.53. The van der Waals surface area contributed by atoms with Crippen LogP contribution in [0.15, 0.2) is 0 Å². The van der Waals surface area contributed by atoms with Gasteiger partial charge in [-0.3, -0.25) is 0 Å². The van der Waals surface area contributed by atoms with Crippen molar-refractivity contribution in [1.29, 1.82) is 0 Å². The quantitative estimate of drug-likeness (QED) is 0.516. The average Bonchev–Trinajstić information content (AvgIpc) is 1.99. The van der Waals surface area contributed by atoms with Crippen molar-refractivity contribution in [3.8, 4) is 0 Å². The van der Waals surface area contributed by atoms with Crippen LogP contribution >= 0.6 is 0 Å². The van der Waals surface area contributed by atoms with Crippen LogP contribution in [0.5, 0.6) is 0 Å². The molecular weight excluding hydrogens is 136 g/mol. The zero-order valence-corrected chi connectivity index (χ0v) is 8.23. The smallest absolute Gasteiger partial charge is 0.0546 e. The molecule has 0 aliphatic rings. The third-order valence-corrected chi connectivity index (χ3v) is 1.85. The highest BCUT2D eigenvalue weighted by Crippen LogP contribution is 2.02. The van der Waals surface area contributed by atoms with Crippen LogP contribution in [-0.4, -0.2) is 12.7 Å². The highest BCUT2D eigenvalue weighted by atomic mass is 16.5. The molecule has 1 nitrogen and oxygen atoms in total. The lowest BCUT2D eigenvalue weighted by atomic mass is 10.2. The van der Waals surface area contributed by atoms with Crippen molar-refractivity contribution in [2.45, 2.75) is 59.0 Å². The van der Waals surface area contributed by atoms with E-state index in [9.17, 15) is 0 Å². The van der Waals surface area contributed by atoms with E-state index in [1.54, 1.807) is 0 Å². The van der Waals surface area contributed by atoms with E-state index in [1.807, 2.05) is 0 Å². The predicted octanol–water partition coefficient (Wildman–Crippen LogP) is 3.38. The molecule has 0 aromatic carbocycles. The SMILES string of the molecule is CCCCCO[C@H](C)CCC. The molecule has 0 unspecified atom stereocenters. The highest BCUT2D eigenvalue weighted by molar-refractivity contribution is 4.47. The predicted molar refractivity (Wildman–Crippen MR) is 49.8 cm³/mol. The molecule has 0 aromatic rings. The van der Waals surface area contributed by atoms with Crippen molar-refractivity contribution >= 4 is 0 Å². The van der Waals surface area contributed by atoms with Crippen LogP contribution in [0.25, 0.3) is 0 Å². The Kier molecular flexibility index (Phi) is 8.03. The van der Waals surface area contributed by atoms with E-state index in [1.165, 1.54) is 32.1 Å². The van der Waals surface area contributed by atoms with Gasteiger partial charge in [0.1, 0.15) is 0 Å². The van der Waals surface area contributed by atoms with Crippen molar-refractivity contribution in [3.63, 3.8) is 0 Å². The summed E-state index contributed by atoms with van der Waals surface area (Å²) in [5, 5.41) is 0. The molecule has 0 radical (unpaired) electrons. The minimum atomic E-state index is 0.469. The summed E-state index contributed by atoms with van der Waals surface area (Å²) in [5.41, 5.74) is 0. The van der Waals surface area contributed by atoms with E-state index < -0.39 is 0 Å². The molecule has 0 saturated carbocycles. The first-order chi connectivity index (χ1) is 5.31. The maximum atomic E-state index is 5.58. The Labute approximate surface area is 71.1 Å². The molecule has 0 aliphatic carbocycles. The molecule has 0 saturated heterocycles. The third kappa shape index (κ3) is 7.86. The van der Waals surface area contributed by atoms with Gasteiger partial charge in [-0.05, 0) is 19.8 Å². The Bertz CT molecular complexity index is 71.3. The molecule has 0 rings (SSSR count). The van der Waals surface area contributed by atoms with Crippen LogP contribution in [0.2, 0.25) is 0 Å². The summed E-state index contributed by atoms with van der Waals surface area (Å²) in [6, 6.07) is 0. The molecule has 68 valence electrons. The molecule has 0 spiro atoms. The zero-order valence-electron chi connectivity index (χ0n) is 8.23. The molecule has 1 atom stereocenters. The van der Waals surface area contributed by atoms with E-state index >= 15 is 0 Å². The maximum Gasteiger partial charge on any atom is 0.0546 e. The summed E-state index contributed by atoms with van der Waals surface area (Å²) >= 11 is 0. The second-order valence-corrected chi connectivity index (χ2v) is 3.18. The number of hydrogen-bond acceptors (Lipinski definition) is 1. The number of rotatable bonds is 7. The van der Waals surface area contributed by atoms with Crippen LogP contribution < -0.4 is 0 Å².